The van der Waals surface area contributed by atoms with Gasteiger partial charge in [0.25, 0.3) is 0 Å². The van der Waals surface area contributed by atoms with Gasteiger partial charge in [0.2, 0.25) is 0 Å². The van der Waals surface area contributed by atoms with Crippen LogP contribution >= 0.6 is 17.0 Å². The molecule has 0 amide bonds. The van der Waals surface area contributed by atoms with E-state index in [1.54, 1.807) is 0 Å². The van der Waals surface area contributed by atoms with Gasteiger partial charge in [-0.05, 0) is 134 Å². The summed E-state index contributed by atoms with van der Waals surface area (Å²) in [6, 6.07) is 0. The molecule has 0 aromatic rings. The molecule has 0 aromatic carbocycles. The Balaban J connectivity index is 0.000000264. The predicted molar refractivity (Wildman–Crippen MR) is 190 cm³/mol. The van der Waals surface area contributed by atoms with Crippen LogP contribution in [0, 0.1) is 97.7 Å². The van der Waals surface area contributed by atoms with Crippen molar-refractivity contribution in [1.82, 2.24) is 0 Å². The summed E-state index contributed by atoms with van der Waals surface area (Å²) in [5.74, 6) is 13.0. The van der Waals surface area contributed by atoms with Crippen molar-refractivity contribution < 1.29 is 20.8 Å². The first kappa shape index (κ1) is 39.6. The van der Waals surface area contributed by atoms with Crippen molar-refractivity contribution in [2.24, 2.45) is 82.9 Å². The number of hydrogen-bond acceptors (Lipinski definition) is 0. The monoisotopic (exact) mass is 706 g/mol. The van der Waals surface area contributed by atoms with Gasteiger partial charge in [-0.25, -0.2) is 0 Å². The molecule has 4 saturated carbocycles. The average molecular weight is 709 g/mol. The molecule has 0 saturated heterocycles. The van der Waals surface area contributed by atoms with Crippen LogP contribution in [0.5, 0.6) is 0 Å². The van der Waals surface area contributed by atoms with Gasteiger partial charge in [-0.1, -0.05) is 103 Å². The summed E-state index contributed by atoms with van der Waals surface area (Å²) in [4.78, 5) is 0. The summed E-state index contributed by atoms with van der Waals surface area (Å²) in [5, 5.41) is 0. The molecule has 6 aliphatic rings. The fourth-order valence-corrected chi connectivity index (χ4v) is 10.5. The second-order valence-electron chi connectivity index (χ2n) is 15.6. The molecule has 12 unspecified atom stereocenters. The van der Waals surface area contributed by atoms with Gasteiger partial charge in [0.05, 0.1) is 0 Å². The van der Waals surface area contributed by atoms with E-state index < -0.39 is 20.8 Å². The van der Waals surface area contributed by atoms with Crippen molar-refractivity contribution in [2.45, 2.75) is 106 Å². The third kappa shape index (κ3) is 10.2. The molecule has 244 valence electrons. The molecule has 0 spiro atoms. The van der Waals surface area contributed by atoms with E-state index in [-0.39, 0.29) is 14.9 Å². The Labute approximate surface area is 288 Å². The summed E-state index contributed by atoms with van der Waals surface area (Å²) in [5.41, 5.74) is 0. The molecule has 3 heteroatoms. The van der Waals surface area contributed by atoms with Crippen LogP contribution in [0.4, 0.5) is 0 Å². The first-order chi connectivity index (χ1) is 19.7. The van der Waals surface area contributed by atoms with Crippen molar-refractivity contribution in [1.29, 1.82) is 0 Å². The third-order valence-corrected chi connectivity index (χ3v) is 12.5. The predicted octanol–water partition coefficient (Wildman–Crippen LogP) is 13.2. The van der Waals surface area contributed by atoms with Crippen LogP contribution in [0.3, 0.4) is 0 Å². The molecule has 43 heavy (non-hydrogen) atoms. The summed E-state index contributed by atoms with van der Waals surface area (Å²) in [6.45, 7) is 14.8. The minimum atomic E-state index is -0.826. The zero-order chi connectivity index (χ0) is 29.5. The van der Waals surface area contributed by atoms with Crippen molar-refractivity contribution >= 4 is 17.0 Å². The molecular formula is C40H66Cl2Zr. The summed E-state index contributed by atoms with van der Waals surface area (Å²) >= 11 is -0.826. The van der Waals surface area contributed by atoms with E-state index in [0.29, 0.717) is 0 Å². The number of rotatable bonds is 4. The van der Waals surface area contributed by atoms with Gasteiger partial charge in [-0.2, -0.15) is 0 Å². The molecule has 0 bridgehead atoms. The van der Waals surface area contributed by atoms with Gasteiger partial charge < -0.3 is 14.9 Å². The fourth-order valence-electron chi connectivity index (χ4n) is 10.5. The molecule has 0 aromatic heterocycles. The maximum atomic E-state index is 4.93. The summed E-state index contributed by atoms with van der Waals surface area (Å²) in [7, 11) is 9.87. The average Bonchev–Trinajstić information content (AvgIpc) is 3.58. The molecule has 0 nitrogen and oxygen atoms in total. The topological polar surface area (TPSA) is 0 Å². The molecule has 4 fully saturated rings. The molecule has 0 aliphatic heterocycles. The van der Waals surface area contributed by atoms with Crippen molar-refractivity contribution in [2.75, 3.05) is 0 Å². The Hall–Kier alpha value is 0.423. The number of halogens is 2. The van der Waals surface area contributed by atoms with Gasteiger partial charge in [0.15, 0.2) is 0 Å². The van der Waals surface area contributed by atoms with Crippen LogP contribution in [0.1, 0.15) is 106 Å². The molecular weight excluding hydrogens is 643 g/mol. The van der Waals surface area contributed by atoms with E-state index in [1.807, 2.05) is 0 Å². The molecule has 0 N–H and O–H groups in total. The second-order valence-corrected chi connectivity index (χ2v) is 19.3. The quantitative estimate of drug-likeness (QED) is 0.255. The standard InChI is InChI=1S/2C19H30.2CH3.2ClH.Zr/c2*1-13(2)16-10-8-14(3)12-19(16)18-11-9-15-6-4-5-7-17(15)18;;;;;/h2*4-7,13-19H,8-12H2,1-3H3;2*1H3;2*1H;/q;;2*-1;;;+4/p-2. The SMILES string of the molecule is CC1CCC(C(C)C)C(C2CCC3C=CC=CC32)C1.CC1CCC(C(C)C)C(C2CCC3C=CC=CC32)C1.[CH3-].[CH3-].[Cl][Zr+2][Cl]. The first-order valence-corrected chi connectivity index (χ1v) is 23.7. The molecule has 6 aliphatic carbocycles. The van der Waals surface area contributed by atoms with Crippen molar-refractivity contribution in [3.05, 3.63) is 63.5 Å². The number of fused-ring (bicyclic) bond motifs is 2. The first-order valence-electron chi connectivity index (χ1n) is 17.4. The molecule has 0 heterocycles. The van der Waals surface area contributed by atoms with Gasteiger partial charge in [0.1, 0.15) is 0 Å². The zero-order valence-electron chi connectivity index (χ0n) is 29.0. The fraction of sp³-hybridized carbons (Fsp3) is 0.750. The van der Waals surface area contributed by atoms with E-state index in [2.05, 4.69) is 90.2 Å². The third-order valence-electron chi connectivity index (χ3n) is 12.5. The Morgan fingerprint density at radius 2 is 0.860 bits per heavy atom. The van der Waals surface area contributed by atoms with Crippen LogP contribution < -0.4 is 0 Å². The van der Waals surface area contributed by atoms with Crippen LogP contribution in [0.25, 0.3) is 0 Å². The van der Waals surface area contributed by atoms with Gasteiger partial charge in [0, 0.05) is 0 Å². The van der Waals surface area contributed by atoms with Gasteiger partial charge in [-0.3, -0.25) is 0 Å². The zero-order valence-corrected chi connectivity index (χ0v) is 33.0. The Bertz CT molecular complexity index is 830. The van der Waals surface area contributed by atoms with Gasteiger partial charge in [-0.15, -0.1) is 0 Å². The number of allylic oxidation sites excluding steroid dienone is 8. The Morgan fingerprint density at radius 1 is 0.512 bits per heavy atom. The maximum absolute atomic E-state index is 4.93. The van der Waals surface area contributed by atoms with Crippen molar-refractivity contribution in [3.8, 4) is 0 Å². The van der Waals surface area contributed by atoms with Crippen LogP contribution in [0.2, 0.25) is 0 Å². The van der Waals surface area contributed by atoms with Gasteiger partial charge >= 0.3 is 37.9 Å². The van der Waals surface area contributed by atoms with E-state index in [4.69, 9.17) is 17.0 Å². The van der Waals surface area contributed by atoms with E-state index in [1.165, 1.54) is 64.2 Å². The molecule has 6 rings (SSSR count). The Kier molecular flexibility index (Phi) is 17.8. The van der Waals surface area contributed by atoms with E-state index >= 15 is 0 Å². The van der Waals surface area contributed by atoms with E-state index in [9.17, 15) is 0 Å². The Morgan fingerprint density at radius 3 is 1.21 bits per heavy atom. The number of hydrogen-bond donors (Lipinski definition) is 0. The normalized spacial score (nSPS) is 40.6. The van der Waals surface area contributed by atoms with Crippen LogP contribution in [-0.4, -0.2) is 0 Å². The van der Waals surface area contributed by atoms with Crippen LogP contribution in [-0.2, 0) is 20.8 Å². The minimum absolute atomic E-state index is 0. The second kappa shape index (κ2) is 19.3. The summed E-state index contributed by atoms with van der Waals surface area (Å²) in [6.07, 6.45) is 33.9. The van der Waals surface area contributed by atoms with Crippen molar-refractivity contribution in [3.63, 3.8) is 0 Å². The van der Waals surface area contributed by atoms with Crippen LogP contribution in [0.15, 0.2) is 48.6 Å². The van der Waals surface area contributed by atoms with E-state index in [0.717, 1.165) is 82.9 Å². The molecule has 12 atom stereocenters. The molecule has 0 radical (unpaired) electrons. The summed E-state index contributed by atoms with van der Waals surface area (Å²) < 4.78 is 0.